The van der Waals surface area contributed by atoms with Crippen LogP contribution in [0.3, 0.4) is 0 Å². The van der Waals surface area contributed by atoms with Crippen LogP contribution in [0, 0.1) is 0 Å². The summed E-state index contributed by atoms with van der Waals surface area (Å²) < 4.78 is 0. The largest absolute Gasteiger partial charge is 0.341 e. The van der Waals surface area contributed by atoms with Gasteiger partial charge >= 0.3 is 0 Å². The van der Waals surface area contributed by atoms with E-state index < -0.39 is 0 Å². The summed E-state index contributed by atoms with van der Waals surface area (Å²) in [5.74, 6) is 0.118. The van der Waals surface area contributed by atoms with Crippen molar-refractivity contribution in [2.24, 2.45) is 0 Å². The van der Waals surface area contributed by atoms with Crippen LogP contribution in [-0.4, -0.2) is 44.2 Å². The van der Waals surface area contributed by atoms with E-state index in [2.05, 4.69) is 9.97 Å². The molecule has 1 amide bonds. The average molecular weight is 315 g/mol. The quantitative estimate of drug-likeness (QED) is 0.864. The molecule has 3 rings (SSSR count). The van der Waals surface area contributed by atoms with E-state index in [4.69, 9.17) is 0 Å². The van der Waals surface area contributed by atoms with Crippen molar-refractivity contribution in [1.82, 2.24) is 14.9 Å². The van der Waals surface area contributed by atoms with Crippen LogP contribution in [0.15, 0.2) is 30.5 Å². The van der Waals surface area contributed by atoms with E-state index in [1.165, 1.54) is 11.8 Å². The van der Waals surface area contributed by atoms with Crippen LogP contribution in [0.4, 0.5) is 0 Å². The van der Waals surface area contributed by atoms with Crippen molar-refractivity contribution >= 4 is 33.8 Å². The Labute approximate surface area is 133 Å². The Kier molecular flexibility index (Phi) is 4.38. The van der Waals surface area contributed by atoms with Gasteiger partial charge < -0.3 is 4.90 Å². The number of hydrogen-bond acceptors (Lipinski definition) is 5. The Morgan fingerprint density at radius 3 is 2.91 bits per heavy atom. The molecule has 0 spiro atoms. The molecular formula is C16H17N3O2S. The van der Waals surface area contributed by atoms with Gasteiger partial charge in [0, 0.05) is 44.3 Å². The fourth-order valence-corrected chi connectivity index (χ4v) is 3.58. The Bertz CT molecular complexity index is 719. The highest BCUT2D eigenvalue weighted by Crippen LogP contribution is 2.24. The number of carbonyl (C=O) groups excluding carboxylic acids is 2. The number of hydrogen-bond donors (Lipinski definition) is 0. The van der Waals surface area contributed by atoms with Gasteiger partial charge in [0.15, 0.2) is 5.12 Å². The summed E-state index contributed by atoms with van der Waals surface area (Å²) in [6.45, 7) is 2.81. The number of carbonyl (C=O) groups is 2. The molecule has 0 N–H and O–H groups in total. The number of nitrogens with zero attached hydrogens (tertiary/aromatic N) is 3. The number of benzene rings is 1. The van der Waals surface area contributed by atoms with Crippen molar-refractivity contribution in [3.8, 4) is 0 Å². The zero-order valence-electron chi connectivity index (χ0n) is 12.4. The van der Waals surface area contributed by atoms with Crippen LogP contribution in [-0.2, 0) is 16.0 Å². The molecule has 22 heavy (non-hydrogen) atoms. The van der Waals surface area contributed by atoms with Gasteiger partial charge in [-0.3, -0.25) is 14.6 Å². The monoisotopic (exact) mass is 315 g/mol. The molecule has 1 fully saturated rings. The van der Waals surface area contributed by atoms with E-state index in [1.807, 2.05) is 29.2 Å². The molecule has 5 nitrogen and oxygen atoms in total. The topological polar surface area (TPSA) is 63.2 Å². The van der Waals surface area contributed by atoms with Gasteiger partial charge in [-0.2, -0.15) is 0 Å². The molecule has 0 aliphatic carbocycles. The molecule has 0 radical (unpaired) electrons. The first-order valence-corrected chi connectivity index (χ1v) is 8.15. The Morgan fingerprint density at radius 1 is 1.36 bits per heavy atom. The van der Waals surface area contributed by atoms with Crippen molar-refractivity contribution in [2.45, 2.75) is 25.0 Å². The summed E-state index contributed by atoms with van der Waals surface area (Å²) >= 11 is 1.26. The van der Waals surface area contributed by atoms with Crippen LogP contribution in [0.2, 0.25) is 0 Å². The zero-order chi connectivity index (χ0) is 15.5. The minimum Gasteiger partial charge on any atom is -0.341 e. The Morgan fingerprint density at radius 2 is 2.14 bits per heavy atom. The average Bonchev–Trinajstić information content (AvgIpc) is 2.84. The summed E-state index contributed by atoms with van der Waals surface area (Å²) in [5, 5.41) is 0.160. The third-order valence-electron chi connectivity index (χ3n) is 3.65. The van der Waals surface area contributed by atoms with Gasteiger partial charge in [-0.25, -0.2) is 4.98 Å². The van der Waals surface area contributed by atoms with Gasteiger partial charge in [-0.1, -0.05) is 23.9 Å². The van der Waals surface area contributed by atoms with Crippen molar-refractivity contribution in [2.75, 3.05) is 13.1 Å². The molecule has 1 atom stereocenters. The Hall–Kier alpha value is -1.95. The molecule has 114 valence electrons. The third kappa shape index (κ3) is 3.44. The van der Waals surface area contributed by atoms with Crippen LogP contribution >= 0.6 is 11.8 Å². The zero-order valence-corrected chi connectivity index (χ0v) is 13.2. The number of rotatable bonds is 4. The Balaban J connectivity index is 1.61. The second-order valence-electron chi connectivity index (χ2n) is 5.38. The molecule has 1 aromatic heterocycles. The fraction of sp³-hybridized carbons (Fsp3) is 0.375. The van der Waals surface area contributed by atoms with E-state index in [-0.39, 0.29) is 16.3 Å². The summed E-state index contributed by atoms with van der Waals surface area (Å²) in [4.78, 5) is 33.9. The smallest absolute Gasteiger partial charge is 0.223 e. The highest BCUT2D eigenvalue weighted by atomic mass is 32.2. The number of aromatic nitrogens is 2. The van der Waals surface area contributed by atoms with Crippen molar-refractivity contribution in [3.63, 3.8) is 0 Å². The molecule has 1 unspecified atom stereocenters. The van der Waals surface area contributed by atoms with Crippen LogP contribution in [0.5, 0.6) is 0 Å². The molecule has 1 aromatic carbocycles. The lowest BCUT2D eigenvalue weighted by Gasteiger charge is -2.15. The standard InChI is InChI=1S/C16H17N3O2S/c1-11(20)22-13-8-16(21)19(10-13)7-6-12-9-17-14-4-2-3-5-15(14)18-12/h2-5,9,13H,6-8,10H2,1H3. The van der Waals surface area contributed by atoms with E-state index in [9.17, 15) is 9.59 Å². The highest BCUT2D eigenvalue weighted by molar-refractivity contribution is 8.14. The van der Waals surface area contributed by atoms with E-state index >= 15 is 0 Å². The number of likely N-dealkylation sites (tertiary alicyclic amines) is 1. The van der Waals surface area contributed by atoms with Crippen LogP contribution in [0.25, 0.3) is 11.0 Å². The van der Waals surface area contributed by atoms with Gasteiger partial charge in [0.05, 0.1) is 16.7 Å². The molecule has 1 aliphatic rings. The fourth-order valence-electron chi connectivity index (χ4n) is 2.63. The molecule has 0 saturated carbocycles. The van der Waals surface area contributed by atoms with E-state index in [0.29, 0.717) is 25.9 Å². The van der Waals surface area contributed by atoms with E-state index in [1.54, 1.807) is 13.1 Å². The predicted octanol–water partition coefficient (Wildman–Crippen LogP) is 2.05. The lowest BCUT2D eigenvalue weighted by atomic mass is 10.2. The molecule has 2 aromatic rings. The van der Waals surface area contributed by atoms with Gasteiger partial charge in [0.1, 0.15) is 0 Å². The number of amides is 1. The third-order valence-corrected chi connectivity index (χ3v) is 4.63. The SMILES string of the molecule is CC(=O)SC1CC(=O)N(CCc2cnc3ccccc3n2)C1. The number of fused-ring (bicyclic) bond motifs is 1. The van der Waals surface area contributed by atoms with Crippen molar-refractivity contribution < 1.29 is 9.59 Å². The molecule has 1 saturated heterocycles. The first kappa shape index (κ1) is 15.0. The van der Waals surface area contributed by atoms with Crippen LogP contribution < -0.4 is 0 Å². The molecule has 1 aliphatic heterocycles. The second kappa shape index (κ2) is 6.44. The normalized spacial score (nSPS) is 18.1. The minimum absolute atomic E-state index is 0.0695. The van der Waals surface area contributed by atoms with E-state index in [0.717, 1.165) is 16.7 Å². The first-order chi connectivity index (χ1) is 10.6. The summed E-state index contributed by atoms with van der Waals surface area (Å²) in [7, 11) is 0. The maximum atomic E-state index is 12.0. The molecule has 6 heteroatoms. The van der Waals surface area contributed by atoms with Gasteiger partial charge in [-0.15, -0.1) is 0 Å². The van der Waals surface area contributed by atoms with Gasteiger partial charge in [0.2, 0.25) is 5.91 Å². The second-order valence-corrected chi connectivity index (χ2v) is 6.85. The highest BCUT2D eigenvalue weighted by Gasteiger charge is 2.30. The van der Waals surface area contributed by atoms with Crippen molar-refractivity contribution in [1.29, 1.82) is 0 Å². The van der Waals surface area contributed by atoms with Gasteiger partial charge in [0.25, 0.3) is 0 Å². The molecule has 2 heterocycles. The van der Waals surface area contributed by atoms with Crippen LogP contribution in [0.1, 0.15) is 19.0 Å². The molecule has 0 bridgehead atoms. The maximum Gasteiger partial charge on any atom is 0.223 e. The van der Waals surface area contributed by atoms with Gasteiger partial charge in [-0.05, 0) is 12.1 Å². The number of thioether (sulfide) groups is 1. The summed E-state index contributed by atoms with van der Waals surface area (Å²) in [5.41, 5.74) is 2.63. The maximum absolute atomic E-state index is 12.0. The summed E-state index contributed by atoms with van der Waals surface area (Å²) in [6.07, 6.45) is 2.90. The number of para-hydroxylation sites is 2. The lowest BCUT2D eigenvalue weighted by molar-refractivity contribution is -0.127. The summed E-state index contributed by atoms with van der Waals surface area (Å²) in [6, 6.07) is 7.74. The predicted molar refractivity (Wildman–Crippen MR) is 86.5 cm³/mol. The molecular weight excluding hydrogens is 298 g/mol. The van der Waals surface area contributed by atoms with Crippen molar-refractivity contribution in [3.05, 3.63) is 36.2 Å². The first-order valence-electron chi connectivity index (χ1n) is 7.27. The lowest BCUT2D eigenvalue weighted by Crippen LogP contribution is -2.28. The minimum atomic E-state index is 0.0695.